The van der Waals surface area contributed by atoms with E-state index in [1.807, 2.05) is 30.0 Å². The van der Waals surface area contributed by atoms with Crippen LogP contribution in [0.15, 0.2) is 30.7 Å². The molecule has 2 aromatic heterocycles. The number of hydrogen-bond acceptors (Lipinski definition) is 7. The number of ether oxygens (including phenoxy) is 1. The molecule has 2 aliphatic rings. The first-order chi connectivity index (χ1) is 13.2. The number of piperazine rings is 1. The van der Waals surface area contributed by atoms with Crippen LogP contribution >= 0.6 is 0 Å². The molecule has 2 fully saturated rings. The molecule has 8 nitrogen and oxygen atoms in total. The van der Waals surface area contributed by atoms with Crippen LogP contribution in [0, 0.1) is 12.8 Å². The molecule has 4 heterocycles. The third-order valence-electron chi connectivity index (χ3n) is 5.02. The van der Waals surface area contributed by atoms with E-state index in [4.69, 9.17) is 4.74 Å². The average molecular weight is 368 g/mol. The monoisotopic (exact) mass is 368 g/mol. The van der Waals surface area contributed by atoms with Crippen LogP contribution in [0.1, 0.15) is 12.0 Å². The van der Waals surface area contributed by atoms with Gasteiger partial charge in [-0.1, -0.05) is 0 Å². The van der Waals surface area contributed by atoms with Crippen LogP contribution in [-0.4, -0.2) is 65.2 Å². The molecule has 1 atom stereocenters. The summed E-state index contributed by atoms with van der Waals surface area (Å²) in [7, 11) is 0. The fourth-order valence-electron chi connectivity index (χ4n) is 3.47. The Kier molecular flexibility index (Phi) is 5.15. The minimum absolute atomic E-state index is 0.0354. The molecule has 1 unspecified atom stereocenters. The topological polar surface area (TPSA) is 83.5 Å². The summed E-state index contributed by atoms with van der Waals surface area (Å²) in [6, 6.07) is 5.85. The van der Waals surface area contributed by atoms with E-state index in [1.54, 1.807) is 12.5 Å². The van der Waals surface area contributed by atoms with E-state index >= 15 is 0 Å². The summed E-state index contributed by atoms with van der Waals surface area (Å²) in [6.45, 7) is 6.23. The summed E-state index contributed by atoms with van der Waals surface area (Å²) in [4.78, 5) is 29.6. The molecule has 1 amide bonds. The largest absolute Gasteiger partial charge is 0.381 e. The van der Waals surface area contributed by atoms with E-state index in [2.05, 4.69) is 25.2 Å². The van der Waals surface area contributed by atoms with Gasteiger partial charge < -0.3 is 19.9 Å². The van der Waals surface area contributed by atoms with E-state index in [0.717, 1.165) is 36.7 Å². The predicted octanol–water partition coefficient (Wildman–Crippen LogP) is 1.61. The second kappa shape index (κ2) is 7.87. The molecule has 2 aliphatic heterocycles. The van der Waals surface area contributed by atoms with Gasteiger partial charge in [0.05, 0.1) is 12.5 Å². The van der Waals surface area contributed by atoms with Crippen LogP contribution in [0.25, 0.3) is 0 Å². The number of carbonyl (C=O) groups is 1. The first-order valence-corrected chi connectivity index (χ1v) is 9.32. The minimum atomic E-state index is 0.0354. The van der Waals surface area contributed by atoms with E-state index in [-0.39, 0.29) is 11.8 Å². The number of pyridine rings is 1. The number of carbonyl (C=O) groups excluding carboxylic acids is 1. The zero-order chi connectivity index (χ0) is 18.6. The molecule has 0 bridgehead atoms. The van der Waals surface area contributed by atoms with Gasteiger partial charge in [-0.05, 0) is 31.0 Å². The van der Waals surface area contributed by atoms with Crippen molar-refractivity contribution < 1.29 is 9.53 Å². The van der Waals surface area contributed by atoms with Crippen molar-refractivity contribution in [2.75, 3.05) is 49.6 Å². The molecule has 0 aliphatic carbocycles. The maximum absolute atomic E-state index is 12.5. The number of aromatic nitrogens is 3. The lowest BCUT2D eigenvalue weighted by Gasteiger charge is -2.36. The van der Waals surface area contributed by atoms with Crippen LogP contribution < -0.4 is 10.2 Å². The van der Waals surface area contributed by atoms with Crippen molar-refractivity contribution >= 4 is 23.4 Å². The van der Waals surface area contributed by atoms with Crippen molar-refractivity contribution in [2.24, 2.45) is 5.92 Å². The lowest BCUT2D eigenvalue weighted by Crippen LogP contribution is -2.50. The molecule has 27 heavy (non-hydrogen) atoms. The van der Waals surface area contributed by atoms with Gasteiger partial charge in [0.25, 0.3) is 0 Å². The molecule has 0 spiro atoms. The molecular weight excluding hydrogens is 344 g/mol. The second-order valence-corrected chi connectivity index (χ2v) is 6.98. The van der Waals surface area contributed by atoms with E-state index < -0.39 is 0 Å². The van der Waals surface area contributed by atoms with Gasteiger partial charge in [-0.15, -0.1) is 0 Å². The number of amides is 1. The first-order valence-electron chi connectivity index (χ1n) is 9.32. The van der Waals surface area contributed by atoms with Gasteiger partial charge in [0.2, 0.25) is 5.91 Å². The molecule has 2 aromatic rings. The number of hydrogen-bond donors (Lipinski definition) is 1. The Morgan fingerprint density at radius 3 is 2.70 bits per heavy atom. The SMILES string of the molecule is Cc1ccnc(Nc2cc(N3CCN(C(=O)C4CCOC4)CC3)ncn2)c1. The van der Waals surface area contributed by atoms with Crippen LogP contribution in [0.4, 0.5) is 17.5 Å². The van der Waals surface area contributed by atoms with Crippen LogP contribution in [0.3, 0.4) is 0 Å². The Labute approximate surface area is 158 Å². The summed E-state index contributed by atoms with van der Waals surface area (Å²) in [5.74, 6) is 2.58. The van der Waals surface area contributed by atoms with Crippen molar-refractivity contribution in [1.82, 2.24) is 19.9 Å². The molecule has 2 saturated heterocycles. The van der Waals surface area contributed by atoms with Gasteiger partial charge in [0, 0.05) is 45.0 Å². The summed E-state index contributed by atoms with van der Waals surface area (Å²) >= 11 is 0. The Morgan fingerprint density at radius 2 is 1.96 bits per heavy atom. The number of rotatable bonds is 4. The van der Waals surface area contributed by atoms with E-state index in [9.17, 15) is 4.79 Å². The highest BCUT2D eigenvalue weighted by molar-refractivity contribution is 5.79. The molecule has 0 aromatic carbocycles. The Morgan fingerprint density at radius 1 is 1.15 bits per heavy atom. The molecular formula is C19H24N6O2. The lowest BCUT2D eigenvalue weighted by atomic mass is 10.1. The summed E-state index contributed by atoms with van der Waals surface area (Å²) in [6.07, 6.45) is 4.17. The summed E-state index contributed by atoms with van der Waals surface area (Å²) in [5, 5.41) is 3.22. The second-order valence-electron chi connectivity index (χ2n) is 6.98. The van der Waals surface area contributed by atoms with Gasteiger partial charge in [0.15, 0.2) is 0 Å². The third kappa shape index (κ3) is 4.16. The van der Waals surface area contributed by atoms with E-state index in [0.29, 0.717) is 32.1 Å². The predicted molar refractivity (Wildman–Crippen MR) is 102 cm³/mol. The van der Waals surface area contributed by atoms with Crippen molar-refractivity contribution in [1.29, 1.82) is 0 Å². The Bertz CT molecular complexity index is 800. The van der Waals surface area contributed by atoms with Gasteiger partial charge >= 0.3 is 0 Å². The third-order valence-corrected chi connectivity index (χ3v) is 5.02. The van der Waals surface area contributed by atoms with Crippen LogP contribution in [-0.2, 0) is 9.53 Å². The van der Waals surface area contributed by atoms with E-state index in [1.165, 1.54) is 0 Å². The average Bonchev–Trinajstić information content (AvgIpc) is 3.23. The van der Waals surface area contributed by atoms with Gasteiger partial charge in [0.1, 0.15) is 23.8 Å². The smallest absolute Gasteiger partial charge is 0.228 e. The summed E-state index contributed by atoms with van der Waals surface area (Å²) in [5.41, 5.74) is 1.13. The number of nitrogens with zero attached hydrogens (tertiary/aromatic N) is 5. The van der Waals surface area contributed by atoms with Gasteiger partial charge in [-0.2, -0.15) is 0 Å². The molecule has 8 heteroatoms. The van der Waals surface area contributed by atoms with Crippen molar-refractivity contribution in [3.8, 4) is 0 Å². The van der Waals surface area contributed by atoms with Crippen molar-refractivity contribution in [3.63, 3.8) is 0 Å². The minimum Gasteiger partial charge on any atom is -0.381 e. The normalized spacial score (nSPS) is 20.0. The zero-order valence-electron chi connectivity index (χ0n) is 15.5. The number of aryl methyl sites for hydroxylation is 1. The Hall–Kier alpha value is -2.74. The van der Waals surface area contributed by atoms with Crippen molar-refractivity contribution in [3.05, 3.63) is 36.3 Å². The fourth-order valence-corrected chi connectivity index (χ4v) is 3.47. The van der Waals surface area contributed by atoms with Crippen LogP contribution in [0.2, 0.25) is 0 Å². The summed E-state index contributed by atoms with van der Waals surface area (Å²) < 4.78 is 5.34. The van der Waals surface area contributed by atoms with Crippen molar-refractivity contribution in [2.45, 2.75) is 13.3 Å². The zero-order valence-corrected chi connectivity index (χ0v) is 15.5. The maximum Gasteiger partial charge on any atom is 0.228 e. The highest BCUT2D eigenvalue weighted by atomic mass is 16.5. The standard InChI is InChI=1S/C19H24N6O2/c1-14-2-4-20-16(10-14)23-17-11-18(22-13-21-17)24-5-7-25(8-6-24)19(26)15-3-9-27-12-15/h2,4,10-11,13,15H,3,5-9,12H2,1H3,(H,20,21,22,23). The fraction of sp³-hybridized carbons (Fsp3) is 0.474. The van der Waals surface area contributed by atoms with Gasteiger partial charge in [-0.3, -0.25) is 4.79 Å². The highest BCUT2D eigenvalue weighted by Gasteiger charge is 2.30. The van der Waals surface area contributed by atoms with Crippen LogP contribution in [0.5, 0.6) is 0 Å². The molecule has 1 N–H and O–H groups in total. The number of anilines is 3. The highest BCUT2D eigenvalue weighted by Crippen LogP contribution is 2.21. The maximum atomic E-state index is 12.5. The molecule has 0 saturated carbocycles. The van der Waals surface area contributed by atoms with Gasteiger partial charge in [-0.25, -0.2) is 15.0 Å². The Balaban J connectivity index is 1.37. The molecule has 0 radical (unpaired) electrons. The molecule has 4 rings (SSSR count). The quantitative estimate of drug-likeness (QED) is 0.878. The molecule has 142 valence electrons. The first kappa shape index (κ1) is 17.7. The lowest BCUT2D eigenvalue weighted by molar-refractivity contribution is -0.135. The number of nitrogens with one attached hydrogen (secondary N) is 1.